The summed E-state index contributed by atoms with van der Waals surface area (Å²) < 4.78 is 1.95. The Morgan fingerprint density at radius 1 is 1.22 bits per heavy atom. The second-order valence-electron chi connectivity index (χ2n) is 5.82. The van der Waals surface area contributed by atoms with E-state index in [9.17, 15) is 4.79 Å². The van der Waals surface area contributed by atoms with E-state index in [0.717, 1.165) is 17.0 Å². The molecule has 0 fully saturated rings. The zero-order valence-corrected chi connectivity index (χ0v) is 16.4. The average molecular weight is 399 g/mol. The molecule has 0 atom stereocenters. The second kappa shape index (κ2) is 8.88. The van der Waals surface area contributed by atoms with Gasteiger partial charge in [-0.05, 0) is 24.6 Å². The van der Waals surface area contributed by atoms with Crippen LogP contribution in [0.2, 0.25) is 5.02 Å². The number of nitrogens with one attached hydrogen (secondary N) is 1. The number of amides is 1. The summed E-state index contributed by atoms with van der Waals surface area (Å²) >= 11 is 7.44. The molecule has 1 heterocycles. The van der Waals surface area contributed by atoms with E-state index in [2.05, 4.69) is 22.1 Å². The third-order valence-corrected chi connectivity index (χ3v) is 5.31. The summed E-state index contributed by atoms with van der Waals surface area (Å²) in [4.78, 5) is 12.3. The van der Waals surface area contributed by atoms with Gasteiger partial charge in [0, 0.05) is 22.8 Å². The van der Waals surface area contributed by atoms with Gasteiger partial charge in [-0.3, -0.25) is 9.36 Å². The fraction of sp³-hybridized carbons (Fsp3) is 0.150. The minimum atomic E-state index is -0.125. The van der Waals surface area contributed by atoms with Crippen molar-refractivity contribution in [3.8, 4) is 11.4 Å². The van der Waals surface area contributed by atoms with Crippen LogP contribution in [0.1, 0.15) is 5.56 Å². The largest absolute Gasteiger partial charge is 0.325 e. The molecule has 0 aliphatic carbocycles. The van der Waals surface area contributed by atoms with E-state index in [1.807, 2.05) is 54.0 Å². The Bertz CT molecular complexity index is 956. The number of halogens is 1. The number of nitrogens with zero attached hydrogens (tertiary/aromatic N) is 3. The van der Waals surface area contributed by atoms with Crippen LogP contribution >= 0.6 is 23.4 Å². The maximum Gasteiger partial charge on any atom is 0.234 e. The van der Waals surface area contributed by atoms with E-state index in [-0.39, 0.29) is 11.7 Å². The molecule has 0 unspecified atom stereocenters. The van der Waals surface area contributed by atoms with Crippen LogP contribution in [0, 0.1) is 6.92 Å². The number of hydrogen-bond donors (Lipinski definition) is 1. The van der Waals surface area contributed by atoms with Crippen LogP contribution < -0.4 is 5.32 Å². The van der Waals surface area contributed by atoms with E-state index in [1.54, 1.807) is 12.1 Å². The van der Waals surface area contributed by atoms with E-state index in [0.29, 0.717) is 22.4 Å². The Balaban J connectivity index is 1.72. The number of hydrogen-bond acceptors (Lipinski definition) is 4. The number of rotatable bonds is 7. The first-order chi connectivity index (χ1) is 13.1. The molecule has 0 aliphatic rings. The molecule has 0 saturated carbocycles. The van der Waals surface area contributed by atoms with Crippen LogP contribution in [-0.4, -0.2) is 26.4 Å². The lowest BCUT2D eigenvalue weighted by Gasteiger charge is -2.10. The zero-order chi connectivity index (χ0) is 19.2. The lowest BCUT2D eigenvalue weighted by atomic mass is 10.2. The predicted molar refractivity (Wildman–Crippen MR) is 111 cm³/mol. The summed E-state index contributed by atoms with van der Waals surface area (Å²) in [6.45, 7) is 6.24. The van der Waals surface area contributed by atoms with E-state index in [1.165, 1.54) is 11.8 Å². The van der Waals surface area contributed by atoms with Crippen molar-refractivity contribution in [2.75, 3.05) is 11.1 Å². The first-order valence-corrected chi connectivity index (χ1v) is 9.73. The van der Waals surface area contributed by atoms with Gasteiger partial charge in [0.2, 0.25) is 5.91 Å². The van der Waals surface area contributed by atoms with E-state index in [4.69, 9.17) is 11.6 Å². The van der Waals surface area contributed by atoms with Crippen molar-refractivity contribution in [3.63, 3.8) is 0 Å². The Morgan fingerprint density at radius 2 is 2.00 bits per heavy atom. The molecule has 0 spiro atoms. The molecule has 0 aliphatic heterocycles. The van der Waals surface area contributed by atoms with Gasteiger partial charge in [-0.2, -0.15) is 0 Å². The number of anilines is 1. The molecule has 5 nitrogen and oxygen atoms in total. The Morgan fingerprint density at radius 3 is 2.74 bits per heavy atom. The predicted octanol–water partition coefficient (Wildman–Crippen LogP) is 4.82. The molecule has 7 heteroatoms. The fourth-order valence-corrected chi connectivity index (χ4v) is 3.47. The summed E-state index contributed by atoms with van der Waals surface area (Å²) in [5.41, 5.74) is 2.53. The van der Waals surface area contributed by atoms with Gasteiger partial charge in [-0.15, -0.1) is 16.8 Å². The molecular weight excluding hydrogens is 380 g/mol. The van der Waals surface area contributed by atoms with Crippen molar-refractivity contribution >= 4 is 35.0 Å². The molecule has 138 valence electrons. The second-order valence-corrected chi connectivity index (χ2v) is 7.17. The summed E-state index contributed by atoms with van der Waals surface area (Å²) in [7, 11) is 0. The number of thioether (sulfide) groups is 1. The maximum atomic E-state index is 12.3. The lowest BCUT2D eigenvalue weighted by molar-refractivity contribution is -0.113. The quantitative estimate of drug-likeness (QED) is 0.457. The van der Waals surface area contributed by atoms with Gasteiger partial charge in [0.15, 0.2) is 11.0 Å². The summed E-state index contributed by atoms with van der Waals surface area (Å²) in [6.07, 6.45) is 1.79. The number of allylic oxidation sites excluding steroid dienone is 1. The van der Waals surface area contributed by atoms with Crippen LogP contribution in [0.15, 0.2) is 66.3 Å². The van der Waals surface area contributed by atoms with Gasteiger partial charge in [0.05, 0.1) is 5.75 Å². The van der Waals surface area contributed by atoms with Gasteiger partial charge < -0.3 is 5.32 Å². The third kappa shape index (κ3) is 4.59. The molecule has 1 aromatic heterocycles. The molecule has 0 bridgehead atoms. The molecule has 3 rings (SSSR count). The summed E-state index contributed by atoms with van der Waals surface area (Å²) in [5, 5.41) is 12.7. The normalized spacial score (nSPS) is 10.6. The number of carbonyl (C=O) groups excluding carboxylic acids is 1. The van der Waals surface area contributed by atoms with E-state index < -0.39 is 0 Å². The fourth-order valence-electron chi connectivity index (χ4n) is 2.55. The summed E-state index contributed by atoms with van der Waals surface area (Å²) in [6, 6.07) is 15.3. The highest BCUT2D eigenvalue weighted by molar-refractivity contribution is 7.99. The molecule has 2 aromatic carbocycles. The smallest absolute Gasteiger partial charge is 0.234 e. The third-order valence-electron chi connectivity index (χ3n) is 3.93. The first kappa shape index (κ1) is 19.2. The van der Waals surface area contributed by atoms with Crippen LogP contribution in [-0.2, 0) is 11.3 Å². The van der Waals surface area contributed by atoms with Crippen LogP contribution in [0.25, 0.3) is 11.4 Å². The maximum absolute atomic E-state index is 12.3. The zero-order valence-electron chi connectivity index (χ0n) is 14.9. The Hall–Kier alpha value is -2.57. The van der Waals surface area contributed by atoms with Crippen LogP contribution in [0.5, 0.6) is 0 Å². The molecule has 1 N–H and O–H groups in total. The highest BCUT2D eigenvalue weighted by Crippen LogP contribution is 2.25. The van der Waals surface area contributed by atoms with Crippen molar-refractivity contribution in [1.29, 1.82) is 0 Å². The lowest BCUT2D eigenvalue weighted by Crippen LogP contribution is -2.15. The Labute approximate surface area is 167 Å². The highest BCUT2D eigenvalue weighted by atomic mass is 35.5. The van der Waals surface area contributed by atoms with Gasteiger partial charge in [-0.1, -0.05) is 65.8 Å². The van der Waals surface area contributed by atoms with Crippen LogP contribution in [0.3, 0.4) is 0 Å². The monoisotopic (exact) mass is 398 g/mol. The number of carbonyl (C=O) groups is 1. The molecule has 27 heavy (non-hydrogen) atoms. The average Bonchev–Trinajstić information content (AvgIpc) is 3.07. The molecule has 3 aromatic rings. The van der Waals surface area contributed by atoms with Crippen molar-refractivity contribution in [2.24, 2.45) is 0 Å². The van der Waals surface area contributed by atoms with Crippen molar-refractivity contribution in [1.82, 2.24) is 14.8 Å². The van der Waals surface area contributed by atoms with Crippen LogP contribution in [0.4, 0.5) is 5.69 Å². The molecule has 1 amide bonds. The topological polar surface area (TPSA) is 59.8 Å². The molecule has 0 radical (unpaired) electrons. The SMILES string of the molecule is C=CCn1c(SCC(=O)Nc2cccc(Cl)c2C)nnc1-c1ccccc1. The van der Waals surface area contributed by atoms with Gasteiger partial charge in [-0.25, -0.2) is 0 Å². The first-order valence-electron chi connectivity index (χ1n) is 8.37. The minimum Gasteiger partial charge on any atom is -0.325 e. The highest BCUT2D eigenvalue weighted by Gasteiger charge is 2.15. The number of aromatic nitrogens is 3. The summed E-state index contributed by atoms with van der Waals surface area (Å²) in [5.74, 6) is 0.847. The van der Waals surface area contributed by atoms with Gasteiger partial charge in [0.25, 0.3) is 0 Å². The minimum absolute atomic E-state index is 0.125. The molecule has 0 saturated heterocycles. The number of benzene rings is 2. The van der Waals surface area contributed by atoms with E-state index >= 15 is 0 Å². The van der Waals surface area contributed by atoms with Crippen molar-refractivity contribution < 1.29 is 4.79 Å². The Kier molecular flexibility index (Phi) is 6.32. The molecular formula is C20H19ClN4OS. The standard InChI is InChI=1S/C20H19ClN4OS/c1-3-12-25-19(15-8-5-4-6-9-15)23-24-20(25)27-13-18(26)22-17-11-7-10-16(21)14(17)2/h3-11H,1,12-13H2,2H3,(H,22,26). The van der Waals surface area contributed by atoms with Crippen molar-refractivity contribution in [3.05, 3.63) is 71.8 Å². The van der Waals surface area contributed by atoms with Crippen molar-refractivity contribution in [2.45, 2.75) is 18.6 Å². The van der Waals surface area contributed by atoms with Gasteiger partial charge in [0.1, 0.15) is 0 Å². The van der Waals surface area contributed by atoms with Gasteiger partial charge >= 0.3 is 0 Å².